The molecule has 0 amide bonds. The Morgan fingerprint density at radius 3 is 2.43 bits per heavy atom. The van der Waals surface area contributed by atoms with Gasteiger partial charge in [0.15, 0.2) is 0 Å². The molecule has 0 aromatic heterocycles. The Bertz CT molecular complexity index is 321. The summed E-state index contributed by atoms with van der Waals surface area (Å²) in [7, 11) is 1.39. The topological polar surface area (TPSA) is 26.3 Å². The van der Waals surface area contributed by atoms with E-state index >= 15 is 0 Å². The average molecular weight is 340 g/mol. The van der Waals surface area contributed by atoms with Gasteiger partial charge in [-0.2, -0.15) is 0 Å². The number of thioether (sulfide) groups is 1. The first-order valence-corrected chi connectivity index (χ1v) is 6.34. The van der Waals surface area contributed by atoms with Crippen LogP contribution in [0.25, 0.3) is 0 Å². The van der Waals surface area contributed by atoms with Gasteiger partial charge in [-0.1, -0.05) is 31.9 Å². The third-order valence-electron chi connectivity index (χ3n) is 1.42. The molecule has 0 saturated carbocycles. The van der Waals surface area contributed by atoms with Gasteiger partial charge in [0.05, 0.1) is 12.9 Å². The van der Waals surface area contributed by atoms with Gasteiger partial charge in [0.2, 0.25) is 0 Å². The first kappa shape index (κ1) is 12.1. The number of ether oxygens (including phenoxy) is 1. The summed E-state index contributed by atoms with van der Waals surface area (Å²) < 4.78 is 6.52. The highest BCUT2D eigenvalue weighted by Gasteiger charge is 2.03. The zero-order chi connectivity index (χ0) is 10.6. The number of benzene rings is 1. The molecule has 14 heavy (non-hydrogen) atoms. The molecule has 0 bridgehead atoms. The van der Waals surface area contributed by atoms with Crippen molar-refractivity contribution in [2.24, 2.45) is 0 Å². The van der Waals surface area contributed by atoms with Crippen LogP contribution in [-0.2, 0) is 9.53 Å². The number of rotatable bonds is 3. The maximum Gasteiger partial charge on any atom is 0.315 e. The molecule has 1 rings (SSSR count). The number of methoxy groups -OCH3 is 1. The molecular formula is C9H8Br2O2S. The van der Waals surface area contributed by atoms with Crippen LogP contribution in [0.2, 0.25) is 0 Å². The van der Waals surface area contributed by atoms with E-state index in [9.17, 15) is 4.79 Å². The van der Waals surface area contributed by atoms with E-state index in [-0.39, 0.29) is 5.97 Å². The average Bonchev–Trinajstić information content (AvgIpc) is 2.12. The Labute approximate surface area is 104 Å². The summed E-state index contributed by atoms with van der Waals surface area (Å²) in [5.74, 6) is 0.116. The lowest BCUT2D eigenvalue weighted by Crippen LogP contribution is -2.02. The van der Waals surface area contributed by atoms with E-state index in [1.54, 1.807) is 0 Å². The van der Waals surface area contributed by atoms with Crippen molar-refractivity contribution < 1.29 is 9.53 Å². The maximum absolute atomic E-state index is 10.9. The third-order valence-corrected chi connectivity index (χ3v) is 3.29. The molecule has 0 aliphatic rings. The van der Waals surface area contributed by atoms with Crippen molar-refractivity contribution in [3.63, 3.8) is 0 Å². The molecule has 0 atom stereocenters. The number of hydrogen-bond acceptors (Lipinski definition) is 3. The number of halogens is 2. The van der Waals surface area contributed by atoms with Gasteiger partial charge in [0.25, 0.3) is 0 Å². The van der Waals surface area contributed by atoms with Gasteiger partial charge in [-0.25, -0.2) is 0 Å². The second-order valence-electron chi connectivity index (χ2n) is 2.47. The molecule has 2 nitrogen and oxygen atoms in total. The third kappa shape index (κ3) is 4.02. The summed E-state index contributed by atoms with van der Waals surface area (Å²) in [5, 5.41) is 0. The molecular weight excluding hydrogens is 332 g/mol. The first-order valence-electron chi connectivity index (χ1n) is 3.77. The van der Waals surface area contributed by atoms with Gasteiger partial charge in [-0.3, -0.25) is 4.79 Å². The Hall–Kier alpha value is -0.000000000000000111. The van der Waals surface area contributed by atoms with Crippen molar-refractivity contribution in [3.05, 3.63) is 27.1 Å². The SMILES string of the molecule is COC(=O)CSc1cc(Br)cc(Br)c1. The van der Waals surface area contributed by atoms with Crippen molar-refractivity contribution in [2.45, 2.75) is 4.90 Å². The van der Waals surface area contributed by atoms with Crippen molar-refractivity contribution in [1.82, 2.24) is 0 Å². The van der Waals surface area contributed by atoms with Crippen LogP contribution in [0, 0.1) is 0 Å². The Balaban J connectivity index is 2.63. The minimum Gasteiger partial charge on any atom is -0.468 e. The highest BCUT2D eigenvalue weighted by molar-refractivity contribution is 9.11. The summed E-state index contributed by atoms with van der Waals surface area (Å²) in [6.45, 7) is 0. The maximum atomic E-state index is 10.9. The van der Waals surface area contributed by atoms with Crippen LogP contribution in [0.1, 0.15) is 0 Å². The number of hydrogen-bond donors (Lipinski definition) is 0. The monoisotopic (exact) mass is 338 g/mol. The first-order chi connectivity index (χ1) is 6.61. The fraction of sp³-hybridized carbons (Fsp3) is 0.222. The molecule has 0 radical (unpaired) electrons. The summed E-state index contributed by atoms with van der Waals surface area (Å²) in [6.07, 6.45) is 0. The summed E-state index contributed by atoms with van der Waals surface area (Å²) in [4.78, 5) is 11.9. The summed E-state index contributed by atoms with van der Waals surface area (Å²) in [5.41, 5.74) is 0. The normalized spacial score (nSPS) is 9.93. The summed E-state index contributed by atoms with van der Waals surface area (Å²) in [6, 6.07) is 5.86. The zero-order valence-electron chi connectivity index (χ0n) is 7.42. The van der Waals surface area contributed by atoms with Crippen LogP contribution in [0.4, 0.5) is 0 Å². The van der Waals surface area contributed by atoms with Crippen LogP contribution >= 0.6 is 43.6 Å². The zero-order valence-corrected chi connectivity index (χ0v) is 11.4. The summed E-state index contributed by atoms with van der Waals surface area (Å²) >= 11 is 8.20. The Kier molecular flexibility index (Phi) is 4.98. The molecule has 1 aromatic rings. The van der Waals surface area contributed by atoms with Gasteiger partial charge in [-0.15, -0.1) is 11.8 Å². The Morgan fingerprint density at radius 2 is 1.93 bits per heavy atom. The van der Waals surface area contributed by atoms with E-state index in [4.69, 9.17) is 0 Å². The van der Waals surface area contributed by atoms with Crippen LogP contribution in [-0.4, -0.2) is 18.8 Å². The Morgan fingerprint density at radius 1 is 1.36 bits per heavy atom. The molecule has 0 aliphatic carbocycles. The molecule has 1 aromatic carbocycles. The van der Waals surface area contributed by atoms with Crippen LogP contribution in [0.15, 0.2) is 32.0 Å². The predicted molar refractivity (Wildman–Crippen MR) is 64.6 cm³/mol. The minimum absolute atomic E-state index is 0.217. The molecule has 76 valence electrons. The molecule has 0 fully saturated rings. The van der Waals surface area contributed by atoms with Crippen LogP contribution < -0.4 is 0 Å². The van der Waals surface area contributed by atoms with Gasteiger partial charge in [0.1, 0.15) is 0 Å². The molecule has 0 aliphatic heterocycles. The largest absolute Gasteiger partial charge is 0.468 e. The standard InChI is InChI=1S/C9H8Br2O2S/c1-13-9(12)5-14-8-3-6(10)2-7(11)4-8/h2-4H,5H2,1H3. The smallest absolute Gasteiger partial charge is 0.315 e. The number of carbonyl (C=O) groups is 1. The molecule has 0 saturated heterocycles. The quantitative estimate of drug-likeness (QED) is 0.623. The molecule has 5 heteroatoms. The van der Waals surface area contributed by atoms with E-state index in [0.717, 1.165) is 13.8 Å². The molecule has 0 unspecified atom stereocenters. The number of esters is 1. The van der Waals surface area contributed by atoms with Crippen molar-refractivity contribution in [3.8, 4) is 0 Å². The van der Waals surface area contributed by atoms with E-state index < -0.39 is 0 Å². The van der Waals surface area contributed by atoms with Gasteiger partial charge in [-0.05, 0) is 18.2 Å². The highest BCUT2D eigenvalue weighted by Crippen LogP contribution is 2.26. The molecule has 0 N–H and O–H groups in total. The van der Waals surface area contributed by atoms with E-state index in [1.807, 2.05) is 18.2 Å². The minimum atomic E-state index is -0.217. The highest BCUT2D eigenvalue weighted by atomic mass is 79.9. The van der Waals surface area contributed by atoms with E-state index in [0.29, 0.717) is 5.75 Å². The van der Waals surface area contributed by atoms with Gasteiger partial charge >= 0.3 is 5.97 Å². The second-order valence-corrected chi connectivity index (χ2v) is 5.35. The van der Waals surface area contributed by atoms with Crippen molar-refractivity contribution in [1.29, 1.82) is 0 Å². The van der Waals surface area contributed by atoms with Crippen molar-refractivity contribution >= 4 is 49.6 Å². The molecule has 0 spiro atoms. The molecule has 0 heterocycles. The van der Waals surface area contributed by atoms with E-state index in [2.05, 4.69) is 36.6 Å². The lowest BCUT2D eigenvalue weighted by Gasteiger charge is -2.02. The lowest BCUT2D eigenvalue weighted by atomic mass is 10.4. The number of carbonyl (C=O) groups excluding carboxylic acids is 1. The second kappa shape index (κ2) is 5.78. The van der Waals surface area contributed by atoms with Crippen LogP contribution in [0.3, 0.4) is 0 Å². The van der Waals surface area contributed by atoms with Gasteiger partial charge in [0, 0.05) is 13.8 Å². The lowest BCUT2D eigenvalue weighted by molar-refractivity contribution is -0.137. The fourth-order valence-electron chi connectivity index (χ4n) is 0.813. The predicted octanol–water partition coefficient (Wildman–Crippen LogP) is 3.48. The van der Waals surface area contributed by atoms with Crippen molar-refractivity contribution in [2.75, 3.05) is 12.9 Å². The van der Waals surface area contributed by atoms with Crippen LogP contribution in [0.5, 0.6) is 0 Å². The fourth-order valence-corrected chi connectivity index (χ4v) is 3.23. The van der Waals surface area contributed by atoms with Gasteiger partial charge < -0.3 is 4.74 Å². The van der Waals surface area contributed by atoms with E-state index in [1.165, 1.54) is 18.9 Å².